The SMILES string of the molecule is CCCc1cc(=O)[nH]c(-n2nc(-c3cccs3)cc2NC(=O)COc2ccccc2C)n1. The molecule has 4 aromatic rings. The van der Waals surface area contributed by atoms with Gasteiger partial charge in [-0.1, -0.05) is 37.6 Å². The zero-order valence-electron chi connectivity index (χ0n) is 17.8. The Morgan fingerprint density at radius 1 is 1.22 bits per heavy atom. The van der Waals surface area contributed by atoms with Crippen molar-refractivity contribution in [2.75, 3.05) is 11.9 Å². The summed E-state index contributed by atoms with van der Waals surface area (Å²) >= 11 is 1.53. The van der Waals surface area contributed by atoms with Gasteiger partial charge in [0.05, 0.1) is 4.88 Å². The molecule has 32 heavy (non-hydrogen) atoms. The van der Waals surface area contributed by atoms with Crippen molar-refractivity contribution in [3.63, 3.8) is 0 Å². The summed E-state index contributed by atoms with van der Waals surface area (Å²) in [5, 5.41) is 9.37. The molecule has 8 nitrogen and oxygen atoms in total. The second-order valence-corrected chi connectivity index (χ2v) is 8.16. The Labute approximate surface area is 188 Å². The van der Waals surface area contributed by atoms with E-state index in [1.807, 2.05) is 55.6 Å². The highest BCUT2D eigenvalue weighted by Gasteiger charge is 2.17. The lowest BCUT2D eigenvalue weighted by atomic mass is 10.2. The van der Waals surface area contributed by atoms with Gasteiger partial charge < -0.3 is 10.1 Å². The van der Waals surface area contributed by atoms with E-state index in [0.717, 1.165) is 16.9 Å². The monoisotopic (exact) mass is 449 g/mol. The number of hydrogen-bond donors (Lipinski definition) is 2. The van der Waals surface area contributed by atoms with Gasteiger partial charge in [0.15, 0.2) is 6.61 Å². The van der Waals surface area contributed by atoms with Crippen molar-refractivity contribution in [1.29, 1.82) is 0 Å². The predicted molar refractivity (Wildman–Crippen MR) is 125 cm³/mol. The standard InChI is InChI=1S/C23H23N5O3S/c1-3-7-16-12-21(29)26-23(24-16)28-20(13-17(27-28)19-10-6-11-32-19)25-22(30)14-31-18-9-5-4-8-15(18)2/h4-6,8-13H,3,7,14H2,1-2H3,(H,25,30)(H,24,26,29). The molecular weight excluding hydrogens is 426 g/mol. The molecule has 0 aliphatic rings. The Balaban J connectivity index is 1.63. The van der Waals surface area contributed by atoms with Crippen molar-refractivity contribution in [3.05, 3.63) is 75.5 Å². The smallest absolute Gasteiger partial charge is 0.263 e. The molecule has 0 saturated heterocycles. The second-order valence-electron chi connectivity index (χ2n) is 7.22. The van der Waals surface area contributed by atoms with Crippen LogP contribution in [0.3, 0.4) is 0 Å². The molecule has 0 aliphatic heterocycles. The quantitative estimate of drug-likeness (QED) is 0.424. The van der Waals surface area contributed by atoms with E-state index in [2.05, 4.69) is 20.4 Å². The number of carbonyl (C=O) groups is 1. The molecule has 0 fully saturated rings. The van der Waals surface area contributed by atoms with Crippen LogP contribution in [0.1, 0.15) is 24.6 Å². The van der Waals surface area contributed by atoms with E-state index in [1.54, 1.807) is 6.07 Å². The number of hydrogen-bond acceptors (Lipinski definition) is 6. The summed E-state index contributed by atoms with van der Waals surface area (Å²) in [4.78, 5) is 33.0. The molecule has 3 aromatic heterocycles. The summed E-state index contributed by atoms with van der Waals surface area (Å²) in [6.07, 6.45) is 1.53. The van der Waals surface area contributed by atoms with Crippen LogP contribution in [-0.2, 0) is 11.2 Å². The molecule has 4 rings (SSSR count). The second kappa shape index (κ2) is 9.61. The van der Waals surface area contributed by atoms with Gasteiger partial charge in [0.1, 0.15) is 17.3 Å². The number of nitrogens with zero attached hydrogens (tertiary/aromatic N) is 3. The molecule has 0 aliphatic carbocycles. The summed E-state index contributed by atoms with van der Waals surface area (Å²) in [5.74, 6) is 0.940. The number of aryl methyl sites for hydroxylation is 2. The molecule has 1 aromatic carbocycles. The number of nitrogens with one attached hydrogen (secondary N) is 2. The Bertz CT molecular complexity index is 1280. The molecule has 164 valence electrons. The zero-order valence-corrected chi connectivity index (χ0v) is 18.6. The van der Waals surface area contributed by atoms with E-state index < -0.39 is 0 Å². The number of aromatic nitrogens is 4. The van der Waals surface area contributed by atoms with Gasteiger partial charge in [-0.25, -0.2) is 4.98 Å². The highest BCUT2D eigenvalue weighted by molar-refractivity contribution is 7.13. The van der Waals surface area contributed by atoms with Gasteiger partial charge in [0, 0.05) is 17.8 Å². The van der Waals surface area contributed by atoms with Crippen LogP contribution < -0.4 is 15.6 Å². The third-order valence-electron chi connectivity index (χ3n) is 4.69. The van der Waals surface area contributed by atoms with Crippen LogP contribution in [0.5, 0.6) is 5.75 Å². The molecule has 2 N–H and O–H groups in total. The highest BCUT2D eigenvalue weighted by Crippen LogP contribution is 2.27. The number of para-hydroxylation sites is 1. The van der Waals surface area contributed by atoms with Crippen molar-refractivity contribution in [1.82, 2.24) is 19.7 Å². The average Bonchev–Trinajstić information content (AvgIpc) is 3.43. The number of rotatable bonds is 8. The van der Waals surface area contributed by atoms with Crippen molar-refractivity contribution in [3.8, 4) is 22.3 Å². The minimum absolute atomic E-state index is 0.163. The summed E-state index contributed by atoms with van der Waals surface area (Å²) in [6, 6.07) is 14.6. The van der Waals surface area contributed by atoms with Crippen LogP contribution in [-0.4, -0.2) is 32.3 Å². The van der Waals surface area contributed by atoms with Crippen molar-refractivity contribution in [2.24, 2.45) is 0 Å². The predicted octanol–water partition coefficient (Wildman–Crippen LogP) is 3.96. The van der Waals surface area contributed by atoms with E-state index in [9.17, 15) is 9.59 Å². The third-order valence-corrected chi connectivity index (χ3v) is 5.58. The maximum Gasteiger partial charge on any atom is 0.263 e. The topological polar surface area (TPSA) is 102 Å². The first-order valence-corrected chi connectivity index (χ1v) is 11.1. The Morgan fingerprint density at radius 3 is 2.81 bits per heavy atom. The van der Waals surface area contributed by atoms with Gasteiger partial charge in [-0.3, -0.25) is 14.6 Å². The lowest BCUT2D eigenvalue weighted by Crippen LogP contribution is -2.23. The maximum atomic E-state index is 12.6. The fourth-order valence-corrected chi connectivity index (χ4v) is 3.88. The largest absolute Gasteiger partial charge is 0.483 e. The molecule has 1 amide bonds. The van der Waals surface area contributed by atoms with Crippen molar-refractivity contribution >= 4 is 23.1 Å². The summed E-state index contributed by atoms with van der Waals surface area (Å²) in [6.45, 7) is 3.77. The molecule has 0 bridgehead atoms. The van der Waals surface area contributed by atoms with Crippen LogP contribution in [0, 0.1) is 6.92 Å². The van der Waals surface area contributed by atoms with Gasteiger partial charge in [-0.2, -0.15) is 9.78 Å². The van der Waals surface area contributed by atoms with Gasteiger partial charge in [-0.05, 0) is 36.4 Å². The number of H-pyrrole nitrogens is 1. The van der Waals surface area contributed by atoms with Gasteiger partial charge in [-0.15, -0.1) is 11.3 Å². The van der Waals surface area contributed by atoms with Gasteiger partial charge in [0.2, 0.25) is 5.95 Å². The first-order chi connectivity index (χ1) is 15.5. The van der Waals surface area contributed by atoms with Crippen LogP contribution in [0.2, 0.25) is 0 Å². The van der Waals surface area contributed by atoms with Crippen LogP contribution in [0.25, 0.3) is 16.5 Å². The fraction of sp³-hybridized carbons (Fsp3) is 0.217. The number of carbonyl (C=O) groups excluding carboxylic acids is 1. The molecule has 3 heterocycles. The average molecular weight is 450 g/mol. The first kappa shape index (κ1) is 21.5. The van der Waals surface area contributed by atoms with Crippen LogP contribution in [0.15, 0.2) is 58.7 Å². The molecule has 0 unspecified atom stereocenters. The normalized spacial score (nSPS) is 10.8. The molecule has 0 atom stereocenters. The summed E-state index contributed by atoms with van der Waals surface area (Å²) in [5.41, 5.74) is 2.00. The maximum absolute atomic E-state index is 12.6. The number of amides is 1. The summed E-state index contributed by atoms with van der Waals surface area (Å²) in [7, 11) is 0. The van der Waals surface area contributed by atoms with Crippen LogP contribution >= 0.6 is 11.3 Å². The lowest BCUT2D eigenvalue weighted by Gasteiger charge is -2.11. The zero-order chi connectivity index (χ0) is 22.5. The lowest BCUT2D eigenvalue weighted by molar-refractivity contribution is -0.118. The molecule has 0 saturated carbocycles. The Morgan fingerprint density at radius 2 is 2.06 bits per heavy atom. The number of benzene rings is 1. The number of anilines is 1. The highest BCUT2D eigenvalue weighted by atomic mass is 32.1. The van der Waals surface area contributed by atoms with E-state index in [4.69, 9.17) is 4.74 Å². The first-order valence-electron chi connectivity index (χ1n) is 10.3. The van der Waals surface area contributed by atoms with Crippen molar-refractivity contribution in [2.45, 2.75) is 26.7 Å². The number of thiophene rings is 1. The fourth-order valence-electron chi connectivity index (χ4n) is 3.20. The van der Waals surface area contributed by atoms with Gasteiger partial charge in [0.25, 0.3) is 11.5 Å². The van der Waals surface area contributed by atoms with Crippen LogP contribution in [0.4, 0.5) is 5.82 Å². The molecule has 9 heteroatoms. The molecular formula is C23H23N5O3S. The van der Waals surface area contributed by atoms with E-state index in [0.29, 0.717) is 29.4 Å². The third kappa shape index (κ3) is 4.94. The molecule has 0 radical (unpaired) electrons. The summed E-state index contributed by atoms with van der Waals surface area (Å²) < 4.78 is 7.10. The number of aromatic amines is 1. The number of ether oxygens (including phenoxy) is 1. The van der Waals surface area contributed by atoms with Crippen molar-refractivity contribution < 1.29 is 9.53 Å². The van der Waals surface area contributed by atoms with E-state index >= 15 is 0 Å². The van der Waals surface area contributed by atoms with E-state index in [1.165, 1.54) is 22.1 Å². The molecule has 0 spiro atoms. The van der Waals surface area contributed by atoms with E-state index in [-0.39, 0.29) is 24.0 Å². The van der Waals surface area contributed by atoms with Gasteiger partial charge >= 0.3 is 0 Å². The Hall–Kier alpha value is -3.72. The Kier molecular flexibility index (Phi) is 6.46. The minimum atomic E-state index is -0.348. The minimum Gasteiger partial charge on any atom is -0.483 e.